The zero-order valence-corrected chi connectivity index (χ0v) is 14.3. The van der Waals surface area contributed by atoms with E-state index in [0.29, 0.717) is 5.76 Å². The summed E-state index contributed by atoms with van der Waals surface area (Å²) in [4.78, 5) is 12.3. The van der Waals surface area contributed by atoms with Crippen LogP contribution < -0.4 is 10.0 Å². The van der Waals surface area contributed by atoms with Gasteiger partial charge in [-0.05, 0) is 39.8 Å². The van der Waals surface area contributed by atoms with E-state index >= 15 is 0 Å². The second kappa shape index (κ2) is 6.59. The highest BCUT2D eigenvalue weighted by Gasteiger charge is 2.31. The van der Waals surface area contributed by atoms with Crippen molar-refractivity contribution in [3.63, 3.8) is 0 Å². The molecule has 7 nitrogen and oxygen atoms in total. The molecule has 2 N–H and O–H groups in total. The molecule has 1 amide bonds. The van der Waals surface area contributed by atoms with Crippen molar-refractivity contribution < 1.29 is 22.0 Å². The average Bonchev–Trinajstić information content (AvgIpc) is 3.02. The molecule has 0 spiro atoms. The average molecular weight is 340 g/mol. The zero-order chi connectivity index (χ0) is 17.2. The number of sulfonamides is 1. The SMILES string of the molecule is Cc1oc(C)c(S(=O)(=O)NC(C)C)c1C(=O)NCc1ccco1. The number of carbonyl (C=O) groups is 1. The highest BCUT2D eigenvalue weighted by molar-refractivity contribution is 7.89. The van der Waals surface area contributed by atoms with Crippen molar-refractivity contribution in [3.05, 3.63) is 41.2 Å². The summed E-state index contributed by atoms with van der Waals surface area (Å²) in [6, 6.07) is 3.12. The van der Waals surface area contributed by atoms with Crippen molar-refractivity contribution in [1.82, 2.24) is 10.0 Å². The van der Waals surface area contributed by atoms with Crippen molar-refractivity contribution in [2.45, 2.75) is 45.2 Å². The molecular weight excluding hydrogens is 320 g/mol. The van der Waals surface area contributed by atoms with Crippen LogP contribution in [0.1, 0.15) is 41.5 Å². The predicted molar refractivity (Wildman–Crippen MR) is 83.5 cm³/mol. The fourth-order valence-electron chi connectivity index (χ4n) is 2.29. The van der Waals surface area contributed by atoms with E-state index in [1.807, 2.05) is 0 Å². The van der Waals surface area contributed by atoms with Gasteiger partial charge in [-0.15, -0.1) is 0 Å². The predicted octanol–water partition coefficient (Wildman–Crippen LogP) is 2.11. The highest BCUT2D eigenvalue weighted by Crippen LogP contribution is 2.26. The van der Waals surface area contributed by atoms with Crippen molar-refractivity contribution in [3.8, 4) is 0 Å². The molecule has 0 radical (unpaired) electrons. The Morgan fingerprint density at radius 2 is 1.96 bits per heavy atom. The Morgan fingerprint density at radius 1 is 1.26 bits per heavy atom. The summed E-state index contributed by atoms with van der Waals surface area (Å²) in [7, 11) is -3.85. The fourth-order valence-corrected chi connectivity index (χ4v) is 3.95. The number of aryl methyl sites for hydroxylation is 2. The normalized spacial score (nSPS) is 11.9. The molecule has 0 aromatic carbocycles. The third kappa shape index (κ3) is 3.83. The van der Waals surface area contributed by atoms with E-state index in [0.717, 1.165) is 0 Å². The van der Waals surface area contributed by atoms with E-state index in [9.17, 15) is 13.2 Å². The Hall–Kier alpha value is -2.06. The van der Waals surface area contributed by atoms with Gasteiger partial charge in [-0.3, -0.25) is 4.79 Å². The molecule has 0 aliphatic rings. The first kappa shape index (κ1) is 17.3. The summed E-state index contributed by atoms with van der Waals surface area (Å²) in [6.45, 7) is 6.65. The zero-order valence-electron chi connectivity index (χ0n) is 13.5. The van der Waals surface area contributed by atoms with Gasteiger partial charge in [0.15, 0.2) is 0 Å². The monoisotopic (exact) mass is 340 g/mol. The molecule has 2 aromatic heterocycles. The second-order valence-electron chi connectivity index (χ2n) is 5.46. The van der Waals surface area contributed by atoms with Gasteiger partial charge in [-0.1, -0.05) is 0 Å². The fraction of sp³-hybridized carbons (Fsp3) is 0.400. The van der Waals surface area contributed by atoms with Crippen LogP contribution in [0.25, 0.3) is 0 Å². The number of carbonyl (C=O) groups excluding carboxylic acids is 1. The molecule has 0 saturated carbocycles. The maximum atomic E-state index is 12.5. The van der Waals surface area contributed by atoms with E-state index in [2.05, 4.69) is 10.0 Å². The maximum Gasteiger partial charge on any atom is 0.256 e. The van der Waals surface area contributed by atoms with E-state index in [-0.39, 0.29) is 34.6 Å². The number of amides is 1. The molecule has 0 bridgehead atoms. The van der Waals surface area contributed by atoms with E-state index in [1.165, 1.54) is 13.2 Å². The number of hydrogen-bond donors (Lipinski definition) is 2. The van der Waals surface area contributed by atoms with Crippen molar-refractivity contribution in [1.29, 1.82) is 0 Å². The molecule has 0 atom stereocenters. The lowest BCUT2D eigenvalue weighted by molar-refractivity contribution is 0.0943. The largest absolute Gasteiger partial charge is 0.467 e. The number of furan rings is 2. The Kier molecular flexibility index (Phi) is 4.96. The quantitative estimate of drug-likeness (QED) is 0.838. The van der Waals surface area contributed by atoms with Crippen LogP contribution >= 0.6 is 0 Å². The molecule has 0 unspecified atom stereocenters. The summed E-state index contributed by atoms with van der Waals surface area (Å²) in [6.07, 6.45) is 1.50. The molecule has 0 fully saturated rings. The van der Waals surface area contributed by atoms with Gasteiger partial charge < -0.3 is 14.2 Å². The van der Waals surface area contributed by atoms with Crippen LogP contribution in [0.3, 0.4) is 0 Å². The summed E-state index contributed by atoms with van der Waals surface area (Å²) in [5.74, 6) is 0.475. The Bertz CT molecular complexity index is 788. The highest BCUT2D eigenvalue weighted by atomic mass is 32.2. The third-order valence-electron chi connectivity index (χ3n) is 3.09. The van der Waals surface area contributed by atoms with Gasteiger partial charge in [-0.2, -0.15) is 0 Å². The molecule has 2 heterocycles. The molecule has 126 valence electrons. The van der Waals surface area contributed by atoms with E-state index in [4.69, 9.17) is 8.83 Å². The Morgan fingerprint density at radius 3 is 2.52 bits per heavy atom. The van der Waals surface area contributed by atoms with Crippen molar-refractivity contribution in [2.24, 2.45) is 0 Å². The molecule has 0 saturated heterocycles. The van der Waals surface area contributed by atoms with Crippen molar-refractivity contribution >= 4 is 15.9 Å². The summed E-state index contributed by atoms with van der Waals surface area (Å²) in [5, 5.41) is 2.64. The first-order valence-corrected chi connectivity index (χ1v) is 8.63. The Labute approximate surface area is 135 Å². The molecule has 23 heavy (non-hydrogen) atoms. The number of nitrogens with one attached hydrogen (secondary N) is 2. The molecule has 2 aromatic rings. The lowest BCUT2D eigenvalue weighted by atomic mass is 10.2. The van der Waals surface area contributed by atoms with Gasteiger partial charge in [-0.25, -0.2) is 13.1 Å². The van der Waals surface area contributed by atoms with Crippen LogP contribution in [0.15, 0.2) is 32.1 Å². The first-order chi connectivity index (χ1) is 10.7. The summed E-state index contributed by atoms with van der Waals surface area (Å²) in [5.41, 5.74) is 0.0159. The van der Waals surface area contributed by atoms with Crippen LogP contribution in [0.4, 0.5) is 0 Å². The van der Waals surface area contributed by atoms with Gasteiger partial charge in [0.2, 0.25) is 10.0 Å². The molecular formula is C15H20N2O5S. The van der Waals surface area contributed by atoms with Gasteiger partial charge >= 0.3 is 0 Å². The molecule has 0 aliphatic carbocycles. The number of rotatable bonds is 6. The minimum Gasteiger partial charge on any atom is -0.467 e. The topological polar surface area (TPSA) is 102 Å². The Balaban J connectivity index is 2.33. The van der Waals surface area contributed by atoms with E-state index < -0.39 is 15.9 Å². The molecule has 8 heteroatoms. The summed E-state index contributed by atoms with van der Waals surface area (Å²) >= 11 is 0. The number of hydrogen-bond acceptors (Lipinski definition) is 5. The minimum atomic E-state index is -3.85. The van der Waals surface area contributed by atoms with Gasteiger partial charge in [0.25, 0.3) is 5.91 Å². The summed E-state index contributed by atoms with van der Waals surface area (Å²) < 4.78 is 37.9. The van der Waals surface area contributed by atoms with Crippen molar-refractivity contribution in [2.75, 3.05) is 0 Å². The smallest absolute Gasteiger partial charge is 0.256 e. The maximum absolute atomic E-state index is 12.5. The van der Waals surface area contributed by atoms with Gasteiger partial charge in [0.1, 0.15) is 27.7 Å². The van der Waals surface area contributed by atoms with E-state index in [1.54, 1.807) is 32.9 Å². The first-order valence-electron chi connectivity index (χ1n) is 7.15. The lowest BCUT2D eigenvalue weighted by Crippen LogP contribution is -2.33. The van der Waals surface area contributed by atoms with Crippen LogP contribution in [0.5, 0.6) is 0 Å². The second-order valence-corrected chi connectivity index (χ2v) is 7.11. The van der Waals surface area contributed by atoms with Gasteiger partial charge in [0.05, 0.1) is 12.8 Å². The third-order valence-corrected chi connectivity index (χ3v) is 4.91. The van der Waals surface area contributed by atoms with Crippen LogP contribution in [0.2, 0.25) is 0 Å². The standard InChI is InChI=1S/C15H20N2O5S/c1-9(2)17-23(19,20)14-11(4)22-10(3)13(14)15(18)16-8-12-6-5-7-21-12/h5-7,9,17H,8H2,1-4H3,(H,16,18). The molecule has 2 rings (SSSR count). The van der Waals surface area contributed by atoms with Crippen LogP contribution in [-0.2, 0) is 16.6 Å². The van der Waals surface area contributed by atoms with Crippen LogP contribution in [-0.4, -0.2) is 20.4 Å². The minimum absolute atomic E-state index is 0.0159. The van der Waals surface area contributed by atoms with Crippen LogP contribution in [0, 0.1) is 13.8 Å². The molecule has 0 aliphatic heterocycles. The lowest BCUT2D eigenvalue weighted by Gasteiger charge is -2.11. The van der Waals surface area contributed by atoms with Gasteiger partial charge in [0, 0.05) is 6.04 Å².